The van der Waals surface area contributed by atoms with E-state index in [2.05, 4.69) is 15.0 Å². The summed E-state index contributed by atoms with van der Waals surface area (Å²) in [4.78, 5) is 3.06. The minimum Gasteiger partial charge on any atom is -0.362 e. The molecule has 1 heterocycles. The van der Waals surface area contributed by atoms with Gasteiger partial charge in [0.2, 0.25) is 5.82 Å². The van der Waals surface area contributed by atoms with Crippen molar-refractivity contribution in [3.8, 4) is 0 Å². The van der Waals surface area contributed by atoms with Crippen LogP contribution in [0, 0.1) is 6.57 Å². The van der Waals surface area contributed by atoms with Crippen LogP contribution in [0.2, 0.25) is 0 Å². The smallest absolute Gasteiger partial charge is 0.249 e. The molecule has 3 heteroatoms. The van der Waals surface area contributed by atoms with Crippen molar-refractivity contribution < 1.29 is 0 Å². The summed E-state index contributed by atoms with van der Waals surface area (Å²) in [5, 5.41) is 6.04. The monoisotopic (exact) mass is 93.0 g/mol. The number of aromatic amines is 1. The summed E-state index contributed by atoms with van der Waals surface area (Å²) in [6, 6.07) is 1.62. The molecule has 34 valence electrons. The fourth-order valence-corrected chi connectivity index (χ4v) is 0.311. The summed E-state index contributed by atoms with van der Waals surface area (Å²) in [6.07, 6.45) is 1.55. The Kier molecular flexibility index (Phi) is 0.794. The van der Waals surface area contributed by atoms with Crippen LogP contribution in [0.5, 0.6) is 0 Å². The van der Waals surface area contributed by atoms with Gasteiger partial charge in [-0.3, -0.25) is 0 Å². The van der Waals surface area contributed by atoms with E-state index in [1.54, 1.807) is 12.3 Å². The second-order valence-electron chi connectivity index (χ2n) is 1.05. The van der Waals surface area contributed by atoms with Crippen LogP contribution in [-0.2, 0) is 0 Å². The Balaban J connectivity index is 3.04. The molecule has 0 radical (unpaired) electrons. The van der Waals surface area contributed by atoms with Crippen LogP contribution in [0.25, 0.3) is 4.85 Å². The summed E-state index contributed by atoms with van der Waals surface area (Å²) in [7, 11) is 0. The lowest BCUT2D eigenvalue weighted by atomic mass is 10.7. The first-order valence-corrected chi connectivity index (χ1v) is 1.80. The van der Waals surface area contributed by atoms with Crippen molar-refractivity contribution in [3.05, 3.63) is 23.7 Å². The number of hydrogen-bond donors (Lipinski definition) is 1. The van der Waals surface area contributed by atoms with E-state index in [1.165, 1.54) is 0 Å². The summed E-state index contributed by atoms with van der Waals surface area (Å²) in [6.45, 7) is 6.41. The highest BCUT2D eigenvalue weighted by Crippen LogP contribution is 2.00. The summed E-state index contributed by atoms with van der Waals surface area (Å²) < 4.78 is 0. The predicted octanol–water partition coefficient (Wildman–Crippen LogP) is 0.960. The average Bonchev–Trinajstić information content (AvgIpc) is 2.14. The molecule has 0 aromatic carbocycles. The van der Waals surface area contributed by atoms with E-state index in [0.717, 1.165) is 0 Å². The largest absolute Gasteiger partial charge is 0.362 e. The molecule has 0 atom stereocenters. The van der Waals surface area contributed by atoms with Crippen molar-refractivity contribution in [2.24, 2.45) is 0 Å². The maximum Gasteiger partial charge on any atom is 0.249 e. The Bertz CT molecular complexity index is 169. The van der Waals surface area contributed by atoms with Crippen LogP contribution in [0.15, 0.2) is 12.3 Å². The lowest BCUT2D eigenvalue weighted by molar-refractivity contribution is 1.10. The molecule has 1 aromatic heterocycles. The van der Waals surface area contributed by atoms with Gasteiger partial charge in [0.25, 0.3) is 0 Å². The van der Waals surface area contributed by atoms with Crippen LogP contribution < -0.4 is 0 Å². The van der Waals surface area contributed by atoms with Crippen LogP contribution in [-0.4, -0.2) is 10.2 Å². The van der Waals surface area contributed by atoms with Gasteiger partial charge >= 0.3 is 0 Å². The van der Waals surface area contributed by atoms with Crippen LogP contribution in [0.4, 0.5) is 5.82 Å². The zero-order valence-corrected chi connectivity index (χ0v) is 3.55. The zero-order chi connectivity index (χ0) is 5.11. The van der Waals surface area contributed by atoms with Gasteiger partial charge in [0.15, 0.2) is 0 Å². The molecule has 0 fully saturated rings. The average molecular weight is 93.1 g/mol. The topological polar surface area (TPSA) is 33.0 Å². The minimum atomic E-state index is 0.486. The first-order chi connectivity index (χ1) is 3.43. The molecule has 1 rings (SSSR count). The number of nitrogens with zero attached hydrogens (tertiary/aromatic N) is 2. The Morgan fingerprint density at radius 3 is 3.00 bits per heavy atom. The first-order valence-electron chi connectivity index (χ1n) is 1.80. The van der Waals surface area contributed by atoms with E-state index in [0.29, 0.717) is 5.82 Å². The third-order valence-corrected chi connectivity index (χ3v) is 0.606. The van der Waals surface area contributed by atoms with Crippen molar-refractivity contribution in [1.29, 1.82) is 0 Å². The number of nitrogens with one attached hydrogen (secondary N) is 1. The zero-order valence-electron chi connectivity index (χ0n) is 3.55. The standard InChI is InChI=1S/C4H3N3/c1-5-4-2-3-6-7-4/h2-3H,(H,6,7). The van der Waals surface area contributed by atoms with E-state index in [9.17, 15) is 0 Å². The highest BCUT2D eigenvalue weighted by molar-refractivity contribution is 5.31. The summed E-state index contributed by atoms with van der Waals surface area (Å²) >= 11 is 0. The number of hydrogen-bond acceptors (Lipinski definition) is 1. The second kappa shape index (κ2) is 1.43. The number of aromatic nitrogens is 2. The summed E-state index contributed by atoms with van der Waals surface area (Å²) in [5.74, 6) is 0.486. The predicted molar refractivity (Wildman–Crippen MR) is 24.8 cm³/mol. The van der Waals surface area contributed by atoms with Crippen LogP contribution >= 0.6 is 0 Å². The fourth-order valence-electron chi connectivity index (χ4n) is 0.311. The van der Waals surface area contributed by atoms with Crippen molar-refractivity contribution in [3.63, 3.8) is 0 Å². The SMILES string of the molecule is [C-]#[N+]c1ccn[nH]1. The quantitative estimate of drug-likeness (QED) is 0.476. The molecule has 0 aliphatic carbocycles. The maximum atomic E-state index is 6.41. The third-order valence-electron chi connectivity index (χ3n) is 0.606. The summed E-state index contributed by atoms with van der Waals surface area (Å²) in [5.41, 5.74) is 0. The molecule has 1 N–H and O–H groups in total. The minimum absolute atomic E-state index is 0.486. The van der Waals surface area contributed by atoms with Gasteiger partial charge in [-0.05, 0) is 6.07 Å². The normalized spacial score (nSPS) is 7.86. The van der Waals surface area contributed by atoms with Gasteiger partial charge < -0.3 is 4.85 Å². The van der Waals surface area contributed by atoms with Gasteiger partial charge in [-0.1, -0.05) is 6.57 Å². The molecule has 0 saturated carbocycles. The Labute approximate surface area is 40.8 Å². The highest BCUT2D eigenvalue weighted by Gasteiger charge is 1.81. The molecule has 0 unspecified atom stereocenters. The highest BCUT2D eigenvalue weighted by atomic mass is 15.1. The Morgan fingerprint density at radius 1 is 1.86 bits per heavy atom. The molecule has 0 saturated heterocycles. The van der Waals surface area contributed by atoms with Crippen molar-refractivity contribution in [1.82, 2.24) is 10.2 Å². The van der Waals surface area contributed by atoms with Gasteiger partial charge in [-0.2, -0.15) is 0 Å². The van der Waals surface area contributed by atoms with Gasteiger partial charge in [0.1, 0.15) is 0 Å². The molecule has 0 amide bonds. The lowest BCUT2D eigenvalue weighted by Crippen LogP contribution is -1.57. The van der Waals surface area contributed by atoms with E-state index in [1.807, 2.05) is 0 Å². The molecule has 0 aliphatic rings. The van der Waals surface area contributed by atoms with Crippen LogP contribution in [0.1, 0.15) is 0 Å². The van der Waals surface area contributed by atoms with E-state index >= 15 is 0 Å². The maximum absolute atomic E-state index is 6.41. The van der Waals surface area contributed by atoms with E-state index < -0.39 is 0 Å². The third kappa shape index (κ3) is 0.578. The van der Waals surface area contributed by atoms with E-state index in [4.69, 9.17) is 6.57 Å². The first kappa shape index (κ1) is 3.88. The van der Waals surface area contributed by atoms with Gasteiger partial charge in [-0.25, -0.2) is 5.10 Å². The van der Waals surface area contributed by atoms with Gasteiger partial charge in [0.05, 0.1) is 6.20 Å². The Hall–Kier alpha value is -1.30. The van der Waals surface area contributed by atoms with Gasteiger partial charge in [0, 0.05) is 0 Å². The fraction of sp³-hybridized carbons (Fsp3) is 0. The molecular weight excluding hydrogens is 90.1 g/mol. The number of H-pyrrole nitrogens is 1. The second-order valence-corrected chi connectivity index (χ2v) is 1.05. The van der Waals surface area contributed by atoms with Crippen molar-refractivity contribution in [2.45, 2.75) is 0 Å². The molecule has 1 aromatic rings. The van der Waals surface area contributed by atoms with Crippen molar-refractivity contribution >= 4 is 5.82 Å². The Morgan fingerprint density at radius 2 is 2.71 bits per heavy atom. The van der Waals surface area contributed by atoms with Crippen LogP contribution in [0.3, 0.4) is 0 Å². The molecule has 7 heavy (non-hydrogen) atoms. The molecule has 0 bridgehead atoms. The lowest BCUT2D eigenvalue weighted by Gasteiger charge is -1.68. The molecule has 0 aliphatic heterocycles. The molecule has 3 nitrogen and oxygen atoms in total. The van der Waals surface area contributed by atoms with E-state index in [-0.39, 0.29) is 0 Å². The number of rotatable bonds is 0. The molecule has 0 spiro atoms. The van der Waals surface area contributed by atoms with Crippen molar-refractivity contribution in [2.75, 3.05) is 0 Å². The molecular formula is C4H3N3. The van der Waals surface area contributed by atoms with Gasteiger partial charge in [-0.15, -0.1) is 5.10 Å².